The molecule has 30 heavy (non-hydrogen) atoms. The summed E-state index contributed by atoms with van der Waals surface area (Å²) in [6.45, 7) is 6.96. The zero-order valence-corrected chi connectivity index (χ0v) is 17.0. The molecule has 0 bridgehead atoms. The molecule has 0 aliphatic carbocycles. The topological polar surface area (TPSA) is 71.0 Å². The molecule has 1 aliphatic rings. The van der Waals surface area contributed by atoms with Crippen molar-refractivity contribution in [3.8, 4) is 5.69 Å². The first kappa shape index (κ1) is 19.9. The number of aromatic nitrogens is 2. The minimum Gasteiger partial charge on any atom is -0.384 e. The van der Waals surface area contributed by atoms with E-state index in [9.17, 15) is 13.6 Å². The normalized spacial score (nSPS) is 13.0. The lowest BCUT2D eigenvalue weighted by atomic mass is 9.92. The Balaban J connectivity index is 1.66. The molecule has 0 atom stereocenters. The number of halogens is 2. The number of urea groups is 1. The maximum absolute atomic E-state index is 13.9. The molecule has 0 radical (unpaired) electrons. The van der Waals surface area contributed by atoms with Gasteiger partial charge in [0.05, 0.1) is 17.1 Å². The van der Waals surface area contributed by atoms with Gasteiger partial charge >= 0.3 is 6.03 Å². The highest BCUT2D eigenvalue weighted by molar-refractivity contribution is 5.99. The van der Waals surface area contributed by atoms with Gasteiger partial charge in [0, 0.05) is 23.7 Å². The standard InChI is InChI=1S/C22H23F2N5O/c1-22(2,3)18-12-19(27-21(30)26-17-6-4-5-15(23)20(17)24)29(28-18)14-7-8-16-13(11-14)9-10-25-16/h4-8,11-12,25H,9-10H2,1-3H3,(H2,26,27,30). The summed E-state index contributed by atoms with van der Waals surface area (Å²) in [5.41, 5.74) is 3.38. The molecule has 3 N–H and O–H groups in total. The Kier molecular flexibility index (Phi) is 4.93. The Bertz CT molecular complexity index is 1120. The van der Waals surface area contributed by atoms with Crippen LogP contribution in [0.25, 0.3) is 5.69 Å². The fraction of sp³-hybridized carbons (Fsp3) is 0.273. The molecule has 3 aromatic rings. The SMILES string of the molecule is CC(C)(C)c1cc(NC(=O)Nc2cccc(F)c2F)n(-c2ccc3c(c2)CCN3)n1. The van der Waals surface area contributed by atoms with E-state index in [-0.39, 0.29) is 11.1 Å². The van der Waals surface area contributed by atoms with Crippen LogP contribution in [-0.2, 0) is 11.8 Å². The molecule has 6 nitrogen and oxygen atoms in total. The number of hydrogen-bond acceptors (Lipinski definition) is 3. The lowest BCUT2D eigenvalue weighted by Crippen LogP contribution is -2.22. The predicted molar refractivity (Wildman–Crippen MR) is 113 cm³/mol. The van der Waals surface area contributed by atoms with Gasteiger partial charge in [-0.15, -0.1) is 0 Å². The third-order valence-corrected chi connectivity index (χ3v) is 4.96. The van der Waals surface area contributed by atoms with E-state index in [4.69, 9.17) is 0 Å². The van der Waals surface area contributed by atoms with Gasteiger partial charge in [-0.2, -0.15) is 5.10 Å². The quantitative estimate of drug-likeness (QED) is 0.564. The summed E-state index contributed by atoms with van der Waals surface area (Å²) in [6, 6.07) is 10.7. The third-order valence-electron chi connectivity index (χ3n) is 4.96. The Hall–Kier alpha value is -3.42. The fourth-order valence-electron chi connectivity index (χ4n) is 3.33. The van der Waals surface area contributed by atoms with Crippen LogP contribution in [0.1, 0.15) is 32.0 Å². The summed E-state index contributed by atoms with van der Waals surface area (Å²) in [4.78, 5) is 12.5. The van der Waals surface area contributed by atoms with Crippen LogP contribution in [0.15, 0.2) is 42.5 Å². The van der Waals surface area contributed by atoms with Gasteiger partial charge in [0.25, 0.3) is 0 Å². The van der Waals surface area contributed by atoms with E-state index < -0.39 is 17.7 Å². The third kappa shape index (κ3) is 3.85. The first-order valence-electron chi connectivity index (χ1n) is 9.72. The van der Waals surface area contributed by atoms with Crippen LogP contribution in [0.4, 0.5) is 30.8 Å². The van der Waals surface area contributed by atoms with Gasteiger partial charge in [0.2, 0.25) is 0 Å². The highest BCUT2D eigenvalue weighted by atomic mass is 19.2. The van der Waals surface area contributed by atoms with Crippen molar-refractivity contribution in [3.05, 3.63) is 65.4 Å². The first-order chi connectivity index (χ1) is 14.2. The number of fused-ring (bicyclic) bond motifs is 1. The van der Waals surface area contributed by atoms with Gasteiger partial charge < -0.3 is 10.6 Å². The minimum absolute atomic E-state index is 0.238. The Morgan fingerprint density at radius 3 is 2.70 bits per heavy atom. The minimum atomic E-state index is -1.11. The molecule has 156 valence electrons. The summed E-state index contributed by atoms with van der Waals surface area (Å²) < 4.78 is 29.0. The Morgan fingerprint density at radius 1 is 1.13 bits per heavy atom. The number of hydrogen-bond donors (Lipinski definition) is 3. The van der Waals surface area contributed by atoms with Gasteiger partial charge in [0.15, 0.2) is 11.6 Å². The molecule has 4 rings (SSSR count). The predicted octanol–water partition coefficient (Wildman–Crippen LogP) is 5.06. The average Bonchev–Trinajstić information content (AvgIpc) is 3.31. The number of carbonyl (C=O) groups excluding carboxylic acids is 1. The molecule has 0 saturated carbocycles. The smallest absolute Gasteiger partial charge is 0.324 e. The van der Waals surface area contributed by atoms with Gasteiger partial charge in [-0.3, -0.25) is 5.32 Å². The lowest BCUT2D eigenvalue weighted by Gasteiger charge is -2.14. The van der Waals surface area contributed by atoms with Crippen LogP contribution in [0, 0.1) is 11.6 Å². The van der Waals surface area contributed by atoms with Crippen molar-refractivity contribution in [2.75, 3.05) is 22.5 Å². The zero-order chi connectivity index (χ0) is 21.5. The molecule has 0 unspecified atom stereocenters. The monoisotopic (exact) mass is 411 g/mol. The van der Waals surface area contributed by atoms with Crippen molar-refractivity contribution in [2.45, 2.75) is 32.6 Å². The summed E-state index contributed by atoms with van der Waals surface area (Å²) in [7, 11) is 0. The van der Waals surface area contributed by atoms with Crippen molar-refractivity contribution in [3.63, 3.8) is 0 Å². The average molecular weight is 411 g/mol. The van der Waals surface area contributed by atoms with Crippen LogP contribution < -0.4 is 16.0 Å². The molecule has 2 heterocycles. The van der Waals surface area contributed by atoms with Crippen LogP contribution >= 0.6 is 0 Å². The highest BCUT2D eigenvalue weighted by Gasteiger charge is 2.22. The van der Waals surface area contributed by atoms with Crippen molar-refractivity contribution in [2.24, 2.45) is 0 Å². The molecule has 1 aliphatic heterocycles. The van der Waals surface area contributed by atoms with E-state index in [1.165, 1.54) is 17.7 Å². The number of anilines is 3. The van der Waals surface area contributed by atoms with E-state index in [1.807, 2.05) is 39.0 Å². The molecule has 0 saturated heterocycles. The van der Waals surface area contributed by atoms with Crippen molar-refractivity contribution in [1.82, 2.24) is 9.78 Å². The van der Waals surface area contributed by atoms with Crippen molar-refractivity contribution >= 4 is 23.2 Å². The molecule has 8 heteroatoms. The van der Waals surface area contributed by atoms with E-state index in [1.54, 1.807) is 10.7 Å². The summed E-state index contributed by atoms with van der Waals surface area (Å²) in [6.07, 6.45) is 0.915. The van der Waals surface area contributed by atoms with Gasteiger partial charge in [-0.1, -0.05) is 26.8 Å². The van der Waals surface area contributed by atoms with Gasteiger partial charge in [-0.25, -0.2) is 18.3 Å². The molecule has 1 aromatic heterocycles. The maximum atomic E-state index is 13.9. The molecular weight excluding hydrogens is 388 g/mol. The van der Waals surface area contributed by atoms with E-state index in [0.29, 0.717) is 5.82 Å². The van der Waals surface area contributed by atoms with E-state index >= 15 is 0 Å². The fourth-order valence-corrected chi connectivity index (χ4v) is 3.33. The number of nitrogens with zero attached hydrogens (tertiary/aromatic N) is 2. The highest BCUT2D eigenvalue weighted by Crippen LogP contribution is 2.29. The Labute approximate surface area is 173 Å². The summed E-state index contributed by atoms with van der Waals surface area (Å²) in [5, 5.41) is 13.1. The van der Waals surface area contributed by atoms with Crippen molar-refractivity contribution < 1.29 is 13.6 Å². The molecule has 2 amide bonds. The Morgan fingerprint density at radius 2 is 1.93 bits per heavy atom. The van der Waals surface area contributed by atoms with E-state index in [2.05, 4.69) is 21.0 Å². The van der Waals surface area contributed by atoms with Gasteiger partial charge in [0.1, 0.15) is 5.82 Å². The number of carbonyl (C=O) groups is 1. The summed E-state index contributed by atoms with van der Waals surface area (Å²) in [5.74, 6) is -1.71. The number of benzene rings is 2. The zero-order valence-electron chi connectivity index (χ0n) is 17.0. The van der Waals surface area contributed by atoms with Crippen LogP contribution in [0.2, 0.25) is 0 Å². The van der Waals surface area contributed by atoms with Crippen LogP contribution in [-0.4, -0.2) is 22.4 Å². The van der Waals surface area contributed by atoms with Gasteiger partial charge in [-0.05, 0) is 42.3 Å². The second kappa shape index (κ2) is 7.44. The number of nitrogens with one attached hydrogen (secondary N) is 3. The molecule has 0 fully saturated rings. The molecular formula is C22H23F2N5O. The number of amides is 2. The first-order valence-corrected chi connectivity index (χ1v) is 9.72. The van der Waals surface area contributed by atoms with Crippen LogP contribution in [0.5, 0.6) is 0 Å². The second-order valence-corrected chi connectivity index (χ2v) is 8.28. The maximum Gasteiger partial charge on any atom is 0.324 e. The lowest BCUT2D eigenvalue weighted by molar-refractivity contribution is 0.262. The van der Waals surface area contributed by atoms with E-state index in [0.717, 1.165) is 36.1 Å². The molecule has 0 spiro atoms. The van der Waals surface area contributed by atoms with Crippen LogP contribution in [0.3, 0.4) is 0 Å². The number of rotatable bonds is 3. The summed E-state index contributed by atoms with van der Waals surface area (Å²) >= 11 is 0. The largest absolute Gasteiger partial charge is 0.384 e. The second-order valence-electron chi connectivity index (χ2n) is 8.28. The molecule has 2 aromatic carbocycles. The van der Waals surface area contributed by atoms with Crippen molar-refractivity contribution in [1.29, 1.82) is 0 Å².